The summed E-state index contributed by atoms with van der Waals surface area (Å²) >= 11 is 1.23. The van der Waals surface area contributed by atoms with Gasteiger partial charge in [0.2, 0.25) is 0 Å². The first-order valence-electron chi connectivity index (χ1n) is 5.33. The molecule has 1 aromatic rings. The van der Waals surface area contributed by atoms with Crippen molar-refractivity contribution in [2.45, 2.75) is 33.1 Å². The van der Waals surface area contributed by atoms with Crippen LogP contribution in [-0.2, 0) is 0 Å². The Bertz CT molecular complexity index is 409. The molecule has 0 fully saturated rings. The van der Waals surface area contributed by atoms with Crippen LogP contribution in [0.15, 0.2) is 12.1 Å². The summed E-state index contributed by atoms with van der Waals surface area (Å²) in [5.41, 5.74) is 2.87. The lowest BCUT2D eigenvalue weighted by molar-refractivity contribution is 0.583. The van der Waals surface area contributed by atoms with Gasteiger partial charge in [0.1, 0.15) is 11.2 Å². The van der Waals surface area contributed by atoms with Gasteiger partial charge in [-0.3, -0.25) is 0 Å². The van der Waals surface area contributed by atoms with Gasteiger partial charge in [0, 0.05) is 5.75 Å². The van der Waals surface area contributed by atoms with Crippen LogP contribution < -0.4 is 0 Å². The molecule has 0 bridgehead atoms. The first-order chi connectivity index (χ1) is 7.56. The number of aryl methyl sites for hydroxylation is 2. The first-order valence-corrected chi connectivity index (χ1v) is 6.32. The number of nitrogens with zero attached hydrogens (tertiary/aromatic N) is 1. The summed E-state index contributed by atoms with van der Waals surface area (Å²) in [5, 5.41) is 10.5. The SMILES string of the molecule is Cc1cc(F)c(C(C)CCSC#N)cc1C. The average molecular weight is 237 g/mol. The smallest absolute Gasteiger partial charge is 0.133 e. The number of rotatable bonds is 4. The minimum absolute atomic E-state index is 0.127. The maximum atomic E-state index is 13.7. The van der Waals surface area contributed by atoms with Crippen molar-refractivity contribution < 1.29 is 4.39 Å². The van der Waals surface area contributed by atoms with E-state index < -0.39 is 0 Å². The number of thiocyanates is 1. The van der Waals surface area contributed by atoms with Crippen molar-refractivity contribution in [1.29, 1.82) is 5.26 Å². The molecule has 1 atom stereocenters. The van der Waals surface area contributed by atoms with Crippen molar-refractivity contribution in [3.8, 4) is 5.40 Å². The molecule has 1 aromatic carbocycles. The molecule has 3 heteroatoms. The van der Waals surface area contributed by atoms with E-state index in [1.54, 1.807) is 6.07 Å². The van der Waals surface area contributed by atoms with E-state index >= 15 is 0 Å². The van der Waals surface area contributed by atoms with Gasteiger partial charge in [-0.15, -0.1) is 0 Å². The second kappa shape index (κ2) is 5.91. The molecule has 0 radical (unpaired) electrons. The van der Waals surface area contributed by atoms with E-state index in [-0.39, 0.29) is 11.7 Å². The monoisotopic (exact) mass is 237 g/mol. The van der Waals surface area contributed by atoms with Gasteiger partial charge in [-0.2, -0.15) is 5.26 Å². The van der Waals surface area contributed by atoms with E-state index in [0.29, 0.717) is 0 Å². The number of halogens is 1. The lowest BCUT2D eigenvalue weighted by Crippen LogP contribution is -2.00. The maximum Gasteiger partial charge on any atom is 0.133 e. The van der Waals surface area contributed by atoms with E-state index in [0.717, 1.165) is 28.9 Å². The number of benzene rings is 1. The molecule has 86 valence electrons. The lowest BCUT2D eigenvalue weighted by Gasteiger charge is -2.13. The molecule has 0 aromatic heterocycles. The van der Waals surface area contributed by atoms with Crippen LogP contribution in [0.25, 0.3) is 0 Å². The van der Waals surface area contributed by atoms with Crippen molar-refractivity contribution in [2.75, 3.05) is 5.75 Å². The molecule has 16 heavy (non-hydrogen) atoms. The number of thioether (sulfide) groups is 1. The fourth-order valence-electron chi connectivity index (χ4n) is 1.62. The van der Waals surface area contributed by atoms with Gasteiger partial charge in [-0.1, -0.05) is 13.0 Å². The van der Waals surface area contributed by atoms with Crippen molar-refractivity contribution >= 4 is 11.8 Å². The quantitative estimate of drug-likeness (QED) is 0.580. The van der Waals surface area contributed by atoms with Gasteiger partial charge in [0.25, 0.3) is 0 Å². The third-order valence-corrected chi connectivity index (χ3v) is 3.43. The van der Waals surface area contributed by atoms with Crippen molar-refractivity contribution in [1.82, 2.24) is 0 Å². The van der Waals surface area contributed by atoms with E-state index in [1.165, 1.54) is 11.8 Å². The molecule has 0 N–H and O–H groups in total. The zero-order valence-electron chi connectivity index (χ0n) is 9.88. The Morgan fingerprint density at radius 3 is 2.62 bits per heavy atom. The van der Waals surface area contributed by atoms with Gasteiger partial charge < -0.3 is 0 Å². The summed E-state index contributed by atoms with van der Waals surface area (Å²) in [6.45, 7) is 5.92. The van der Waals surface area contributed by atoms with Gasteiger partial charge >= 0.3 is 0 Å². The molecule has 0 amide bonds. The zero-order valence-corrected chi connectivity index (χ0v) is 10.7. The van der Waals surface area contributed by atoms with Crippen molar-refractivity contribution in [2.24, 2.45) is 0 Å². The highest BCUT2D eigenvalue weighted by atomic mass is 32.2. The fourth-order valence-corrected chi connectivity index (χ4v) is 2.18. The van der Waals surface area contributed by atoms with Crippen LogP contribution in [0.5, 0.6) is 0 Å². The van der Waals surface area contributed by atoms with Crippen LogP contribution in [0.1, 0.15) is 36.0 Å². The Hall–Kier alpha value is -1.01. The molecule has 0 saturated heterocycles. The van der Waals surface area contributed by atoms with Gasteiger partial charge in [0.05, 0.1) is 0 Å². The minimum Gasteiger partial charge on any atom is -0.207 e. The van der Waals surface area contributed by atoms with Crippen LogP contribution in [0.4, 0.5) is 4.39 Å². The first kappa shape index (κ1) is 13.1. The topological polar surface area (TPSA) is 23.8 Å². The maximum absolute atomic E-state index is 13.7. The molecule has 1 unspecified atom stereocenters. The third kappa shape index (κ3) is 3.24. The second-order valence-electron chi connectivity index (χ2n) is 4.09. The predicted octanol–water partition coefficient (Wildman–Crippen LogP) is 4.15. The van der Waals surface area contributed by atoms with Crippen LogP contribution in [0.3, 0.4) is 0 Å². The molecule has 0 aliphatic carbocycles. The average Bonchev–Trinajstić information content (AvgIpc) is 2.23. The van der Waals surface area contributed by atoms with Crippen molar-refractivity contribution in [3.63, 3.8) is 0 Å². The van der Waals surface area contributed by atoms with E-state index in [4.69, 9.17) is 5.26 Å². The van der Waals surface area contributed by atoms with Gasteiger partial charge in [0.15, 0.2) is 0 Å². The second-order valence-corrected chi connectivity index (χ2v) is 4.97. The molecule has 1 nitrogen and oxygen atoms in total. The van der Waals surface area contributed by atoms with E-state index in [1.807, 2.05) is 32.2 Å². The summed E-state index contributed by atoms with van der Waals surface area (Å²) in [6.07, 6.45) is 0.831. The van der Waals surface area contributed by atoms with E-state index in [2.05, 4.69) is 0 Å². The van der Waals surface area contributed by atoms with Gasteiger partial charge in [-0.05, 0) is 60.7 Å². The molecular weight excluding hydrogens is 221 g/mol. The highest BCUT2D eigenvalue weighted by molar-refractivity contribution is 8.03. The zero-order chi connectivity index (χ0) is 12.1. The minimum atomic E-state index is -0.127. The molecule has 0 saturated carbocycles. The van der Waals surface area contributed by atoms with E-state index in [9.17, 15) is 4.39 Å². The molecular formula is C13H16FNS. The fraction of sp³-hybridized carbons (Fsp3) is 0.462. The largest absolute Gasteiger partial charge is 0.207 e. The standard InChI is InChI=1S/C13H16FNS/c1-9(4-5-16-8-15)12-6-10(2)11(3)7-13(12)14/h6-7,9H,4-5H2,1-3H3. The Balaban J connectivity index is 2.79. The molecule has 1 rings (SSSR count). The molecule has 0 spiro atoms. The highest BCUT2D eigenvalue weighted by Crippen LogP contribution is 2.26. The molecule has 0 aliphatic rings. The number of hydrogen-bond donors (Lipinski definition) is 0. The molecule has 0 heterocycles. The van der Waals surface area contributed by atoms with Crippen LogP contribution in [-0.4, -0.2) is 5.75 Å². The van der Waals surface area contributed by atoms with Crippen molar-refractivity contribution in [3.05, 3.63) is 34.6 Å². The molecule has 0 aliphatic heterocycles. The Labute approximate surface area is 101 Å². The number of nitriles is 1. The van der Waals surface area contributed by atoms with Crippen LogP contribution >= 0.6 is 11.8 Å². The predicted molar refractivity (Wildman–Crippen MR) is 67.0 cm³/mol. The third-order valence-electron chi connectivity index (χ3n) is 2.86. The summed E-state index contributed by atoms with van der Waals surface area (Å²) in [4.78, 5) is 0. The Kier molecular flexibility index (Phi) is 4.82. The summed E-state index contributed by atoms with van der Waals surface area (Å²) in [7, 11) is 0. The normalized spacial score (nSPS) is 12.2. The highest BCUT2D eigenvalue weighted by Gasteiger charge is 2.12. The summed E-state index contributed by atoms with van der Waals surface area (Å²) in [5.74, 6) is 0.794. The Morgan fingerprint density at radius 1 is 1.38 bits per heavy atom. The lowest BCUT2D eigenvalue weighted by atomic mass is 9.94. The summed E-state index contributed by atoms with van der Waals surface area (Å²) in [6, 6.07) is 3.52. The summed E-state index contributed by atoms with van der Waals surface area (Å²) < 4.78 is 13.7. The van der Waals surface area contributed by atoms with Gasteiger partial charge in [-0.25, -0.2) is 4.39 Å². The number of hydrogen-bond acceptors (Lipinski definition) is 2. The van der Waals surface area contributed by atoms with Crippen LogP contribution in [0.2, 0.25) is 0 Å². The van der Waals surface area contributed by atoms with Crippen LogP contribution in [0, 0.1) is 30.3 Å². The Morgan fingerprint density at radius 2 is 2.00 bits per heavy atom.